The molecular formula is C18H25FN6O. The number of hydrogen-bond donors (Lipinski definition) is 2. The van der Waals surface area contributed by atoms with Gasteiger partial charge in [-0.2, -0.15) is 0 Å². The van der Waals surface area contributed by atoms with Crippen LogP contribution in [-0.2, 0) is 4.79 Å². The molecule has 0 bridgehead atoms. The molecule has 3 heterocycles. The van der Waals surface area contributed by atoms with Crippen LogP contribution in [0.2, 0.25) is 0 Å². The van der Waals surface area contributed by atoms with Gasteiger partial charge in [-0.15, -0.1) is 0 Å². The van der Waals surface area contributed by atoms with E-state index in [2.05, 4.69) is 25.3 Å². The minimum Gasteiger partial charge on any atom is -0.356 e. The monoisotopic (exact) mass is 360 g/mol. The van der Waals surface area contributed by atoms with E-state index in [0.29, 0.717) is 34.8 Å². The number of amides is 1. The van der Waals surface area contributed by atoms with E-state index in [1.165, 1.54) is 6.07 Å². The second kappa shape index (κ2) is 6.70. The fourth-order valence-corrected chi connectivity index (χ4v) is 2.72. The van der Waals surface area contributed by atoms with Gasteiger partial charge in [0.1, 0.15) is 22.8 Å². The SMILES string of the molecule is CCN(C)C(=O)C(C)(C)Nc1ccnc(-c2c[nH]c3ncc(F)cc23)n1.[HH].[HH]. The molecule has 0 spiro atoms. The number of hydrogen-bond acceptors (Lipinski definition) is 5. The topological polar surface area (TPSA) is 86.8 Å². The Morgan fingerprint density at radius 3 is 2.92 bits per heavy atom. The molecule has 2 N–H and O–H groups in total. The number of nitrogens with one attached hydrogen (secondary N) is 2. The number of anilines is 1. The zero-order chi connectivity index (χ0) is 18.9. The Labute approximate surface area is 153 Å². The highest BCUT2D eigenvalue weighted by molar-refractivity contribution is 5.92. The molecule has 8 heteroatoms. The smallest absolute Gasteiger partial charge is 0.247 e. The number of fused-ring (bicyclic) bond motifs is 1. The second-order valence-electron chi connectivity index (χ2n) is 6.59. The number of likely N-dealkylation sites (N-methyl/N-ethyl adjacent to an activating group) is 1. The lowest BCUT2D eigenvalue weighted by atomic mass is 10.0. The highest BCUT2D eigenvalue weighted by Gasteiger charge is 2.30. The van der Waals surface area contributed by atoms with Gasteiger partial charge in [0.25, 0.3) is 0 Å². The molecular weight excluding hydrogens is 335 g/mol. The predicted molar refractivity (Wildman–Crippen MR) is 102 cm³/mol. The van der Waals surface area contributed by atoms with Crippen molar-refractivity contribution in [1.29, 1.82) is 0 Å². The summed E-state index contributed by atoms with van der Waals surface area (Å²) in [5, 5.41) is 3.75. The van der Waals surface area contributed by atoms with Crippen LogP contribution in [0.25, 0.3) is 22.4 Å². The van der Waals surface area contributed by atoms with Gasteiger partial charge < -0.3 is 15.2 Å². The average Bonchev–Trinajstić information content (AvgIpc) is 3.03. The minimum absolute atomic E-state index is 0. The van der Waals surface area contributed by atoms with Crippen molar-refractivity contribution in [3.8, 4) is 11.4 Å². The quantitative estimate of drug-likeness (QED) is 0.729. The molecule has 0 aromatic carbocycles. The molecule has 0 atom stereocenters. The van der Waals surface area contributed by atoms with Crippen molar-refractivity contribution in [1.82, 2.24) is 24.8 Å². The molecule has 0 radical (unpaired) electrons. The lowest BCUT2D eigenvalue weighted by molar-refractivity contribution is -0.133. The van der Waals surface area contributed by atoms with Gasteiger partial charge in [0.05, 0.1) is 6.20 Å². The zero-order valence-corrected chi connectivity index (χ0v) is 15.2. The van der Waals surface area contributed by atoms with E-state index >= 15 is 0 Å². The van der Waals surface area contributed by atoms with Gasteiger partial charge in [-0.1, -0.05) is 0 Å². The minimum atomic E-state index is -0.829. The van der Waals surface area contributed by atoms with Crippen molar-refractivity contribution in [2.24, 2.45) is 0 Å². The molecule has 0 fully saturated rings. The highest BCUT2D eigenvalue weighted by Crippen LogP contribution is 2.26. The Morgan fingerprint density at radius 2 is 2.19 bits per heavy atom. The van der Waals surface area contributed by atoms with Crippen LogP contribution in [0.15, 0.2) is 30.7 Å². The van der Waals surface area contributed by atoms with Crippen molar-refractivity contribution in [3.63, 3.8) is 0 Å². The molecule has 0 aliphatic heterocycles. The second-order valence-corrected chi connectivity index (χ2v) is 6.59. The molecule has 3 aromatic rings. The van der Waals surface area contributed by atoms with Crippen molar-refractivity contribution < 1.29 is 12.0 Å². The van der Waals surface area contributed by atoms with Crippen molar-refractivity contribution in [2.75, 3.05) is 18.9 Å². The fourth-order valence-electron chi connectivity index (χ4n) is 2.72. The Hall–Kier alpha value is -3.03. The third-order valence-electron chi connectivity index (χ3n) is 4.19. The van der Waals surface area contributed by atoms with Gasteiger partial charge in [0.2, 0.25) is 5.91 Å². The Morgan fingerprint density at radius 1 is 1.42 bits per heavy atom. The summed E-state index contributed by atoms with van der Waals surface area (Å²) >= 11 is 0. The molecule has 7 nitrogen and oxygen atoms in total. The van der Waals surface area contributed by atoms with Crippen molar-refractivity contribution >= 4 is 22.8 Å². The molecule has 0 unspecified atom stereocenters. The lowest BCUT2D eigenvalue weighted by Gasteiger charge is -2.30. The number of halogens is 1. The average molecular weight is 360 g/mol. The summed E-state index contributed by atoms with van der Waals surface area (Å²) in [6.07, 6.45) is 4.44. The maximum Gasteiger partial charge on any atom is 0.247 e. The first kappa shape index (κ1) is 17.8. The van der Waals surface area contributed by atoms with Gasteiger partial charge in [-0.05, 0) is 32.9 Å². The molecule has 0 aliphatic rings. The normalized spacial score (nSPS) is 11.6. The van der Waals surface area contributed by atoms with Gasteiger partial charge in [0, 0.05) is 39.8 Å². The number of carbonyl (C=O) groups excluding carboxylic acids is 1. The van der Waals surface area contributed by atoms with E-state index in [1.807, 2.05) is 6.92 Å². The summed E-state index contributed by atoms with van der Waals surface area (Å²) in [5.41, 5.74) is 0.374. The van der Waals surface area contributed by atoms with E-state index in [0.717, 1.165) is 6.20 Å². The zero-order valence-electron chi connectivity index (χ0n) is 15.2. The summed E-state index contributed by atoms with van der Waals surface area (Å²) in [6, 6.07) is 3.08. The van der Waals surface area contributed by atoms with Crippen molar-refractivity contribution in [2.45, 2.75) is 26.3 Å². The first-order valence-electron chi connectivity index (χ1n) is 8.31. The van der Waals surface area contributed by atoms with Crippen LogP contribution in [0.1, 0.15) is 23.6 Å². The lowest BCUT2D eigenvalue weighted by Crippen LogP contribution is -2.48. The van der Waals surface area contributed by atoms with Crippen LogP contribution in [-0.4, -0.2) is 49.9 Å². The Bertz CT molecular complexity index is 962. The van der Waals surface area contributed by atoms with Crippen LogP contribution >= 0.6 is 0 Å². The summed E-state index contributed by atoms with van der Waals surface area (Å²) in [6.45, 7) is 6.14. The van der Waals surface area contributed by atoms with E-state index in [9.17, 15) is 9.18 Å². The molecule has 0 saturated carbocycles. The number of rotatable bonds is 5. The van der Waals surface area contributed by atoms with Gasteiger partial charge in [-0.3, -0.25) is 4.79 Å². The Balaban J connectivity index is 0.00000196. The maximum absolute atomic E-state index is 13.5. The predicted octanol–water partition coefficient (Wildman–Crippen LogP) is 3.32. The van der Waals surface area contributed by atoms with Crippen LogP contribution in [0, 0.1) is 5.82 Å². The summed E-state index contributed by atoms with van der Waals surface area (Å²) < 4.78 is 13.5. The van der Waals surface area contributed by atoms with E-state index in [-0.39, 0.29) is 8.76 Å². The number of aromatic amines is 1. The maximum atomic E-state index is 13.5. The van der Waals surface area contributed by atoms with Gasteiger partial charge in [0.15, 0.2) is 5.82 Å². The number of aromatic nitrogens is 4. The third-order valence-corrected chi connectivity index (χ3v) is 4.19. The third kappa shape index (κ3) is 3.35. The van der Waals surface area contributed by atoms with E-state index in [1.54, 1.807) is 44.3 Å². The largest absolute Gasteiger partial charge is 0.356 e. The molecule has 3 aromatic heterocycles. The van der Waals surface area contributed by atoms with Crippen LogP contribution in [0.4, 0.5) is 10.2 Å². The van der Waals surface area contributed by atoms with Crippen LogP contribution in [0.3, 0.4) is 0 Å². The fraction of sp³-hybridized carbons (Fsp3) is 0.333. The van der Waals surface area contributed by atoms with Crippen LogP contribution in [0.5, 0.6) is 0 Å². The molecule has 3 rings (SSSR count). The molecule has 0 aliphatic carbocycles. The van der Waals surface area contributed by atoms with E-state index < -0.39 is 11.4 Å². The van der Waals surface area contributed by atoms with Gasteiger partial charge in [-0.25, -0.2) is 19.3 Å². The highest BCUT2D eigenvalue weighted by atomic mass is 19.1. The number of carbonyl (C=O) groups is 1. The Kier molecular flexibility index (Phi) is 4.58. The number of pyridine rings is 1. The summed E-state index contributed by atoms with van der Waals surface area (Å²) in [7, 11) is 1.75. The van der Waals surface area contributed by atoms with Gasteiger partial charge >= 0.3 is 0 Å². The first-order chi connectivity index (χ1) is 12.3. The molecule has 26 heavy (non-hydrogen) atoms. The number of nitrogens with zero attached hydrogens (tertiary/aromatic N) is 4. The summed E-state index contributed by atoms with van der Waals surface area (Å²) in [5.74, 6) is 0.456. The van der Waals surface area contributed by atoms with E-state index in [4.69, 9.17) is 0 Å². The molecule has 1 amide bonds. The van der Waals surface area contributed by atoms with Crippen LogP contribution < -0.4 is 5.32 Å². The molecule has 0 saturated heterocycles. The molecule has 140 valence electrons. The number of H-pyrrole nitrogens is 1. The summed E-state index contributed by atoms with van der Waals surface area (Å²) in [4.78, 5) is 29.9. The first-order valence-corrected chi connectivity index (χ1v) is 8.31. The van der Waals surface area contributed by atoms with Crippen molar-refractivity contribution in [3.05, 3.63) is 36.5 Å². The standard InChI is InChI=1S/C18H21FN6O.2H2/c1-5-25(4)17(26)18(2,3)24-14-6-7-20-16(23-14)13-10-22-15-12(13)8-11(19)9-21-15;;/h6-10H,5H2,1-4H3,(H,21,22)(H,20,23,24);2*1H.